The summed E-state index contributed by atoms with van der Waals surface area (Å²) in [6, 6.07) is 14.8. The van der Waals surface area contributed by atoms with Crippen molar-refractivity contribution in [2.45, 2.75) is 33.9 Å². The first-order chi connectivity index (χ1) is 13.3. The van der Waals surface area contributed by atoms with Gasteiger partial charge in [0.05, 0.1) is 17.0 Å². The fourth-order valence-corrected chi connectivity index (χ4v) is 3.06. The van der Waals surface area contributed by atoms with E-state index in [1.165, 1.54) is 0 Å². The van der Waals surface area contributed by atoms with Crippen LogP contribution in [0.2, 0.25) is 0 Å². The van der Waals surface area contributed by atoms with Gasteiger partial charge >= 0.3 is 11.7 Å². The Balaban J connectivity index is 1.66. The molecule has 0 saturated heterocycles. The number of nitro groups is 1. The summed E-state index contributed by atoms with van der Waals surface area (Å²) in [4.78, 5) is 22.9. The SMILES string of the molecule is Cc1cccc(COC(=O)c2ccc(Cn3nc(C)c([N+](=O)[O-])c3C)cc2)c1. The topological polar surface area (TPSA) is 87.3 Å². The molecule has 0 fully saturated rings. The van der Waals surface area contributed by atoms with Gasteiger partial charge in [-0.1, -0.05) is 42.0 Å². The zero-order chi connectivity index (χ0) is 20.3. The van der Waals surface area contributed by atoms with Gasteiger partial charge < -0.3 is 4.74 Å². The van der Waals surface area contributed by atoms with Crippen molar-refractivity contribution in [3.8, 4) is 0 Å². The summed E-state index contributed by atoms with van der Waals surface area (Å²) in [6.45, 7) is 5.89. The van der Waals surface area contributed by atoms with Crippen LogP contribution in [0.4, 0.5) is 5.69 Å². The summed E-state index contributed by atoms with van der Waals surface area (Å²) in [7, 11) is 0. The molecule has 0 aliphatic heterocycles. The molecule has 0 N–H and O–H groups in total. The maximum absolute atomic E-state index is 12.2. The predicted octanol–water partition coefficient (Wildman–Crippen LogP) is 4.12. The zero-order valence-electron chi connectivity index (χ0n) is 16.0. The van der Waals surface area contributed by atoms with E-state index in [-0.39, 0.29) is 12.3 Å². The molecule has 0 aliphatic carbocycles. The van der Waals surface area contributed by atoms with Crippen LogP contribution in [0.5, 0.6) is 0 Å². The van der Waals surface area contributed by atoms with Crippen LogP contribution in [0.25, 0.3) is 0 Å². The number of hydrogen-bond donors (Lipinski definition) is 0. The van der Waals surface area contributed by atoms with Crippen LogP contribution < -0.4 is 0 Å². The van der Waals surface area contributed by atoms with Gasteiger partial charge in [0.25, 0.3) is 0 Å². The van der Waals surface area contributed by atoms with Gasteiger partial charge in [-0.15, -0.1) is 0 Å². The van der Waals surface area contributed by atoms with Gasteiger partial charge in [0, 0.05) is 0 Å². The molecule has 3 rings (SSSR count). The van der Waals surface area contributed by atoms with Crippen LogP contribution in [0, 0.1) is 30.9 Å². The van der Waals surface area contributed by atoms with E-state index in [9.17, 15) is 14.9 Å². The van der Waals surface area contributed by atoms with Crippen LogP contribution in [0.3, 0.4) is 0 Å². The molecule has 0 radical (unpaired) electrons. The highest BCUT2D eigenvalue weighted by molar-refractivity contribution is 5.89. The molecule has 0 bridgehead atoms. The van der Waals surface area contributed by atoms with Gasteiger partial charge in [-0.25, -0.2) is 4.79 Å². The highest BCUT2D eigenvalue weighted by atomic mass is 16.6. The zero-order valence-corrected chi connectivity index (χ0v) is 16.0. The van der Waals surface area contributed by atoms with Gasteiger partial charge in [0.1, 0.15) is 18.0 Å². The molecule has 1 heterocycles. The molecule has 7 heteroatoms. The first-order valence-corrected chi connectivity index (χ1v) is 8.85. The van der Waals surface area contributed by atoms with E-state index in [4.69, 9.17) is 4.74 Å². The second-order valence-electron chi connectivity index (χ2n) is 6.70. The van der Waals surface area contributed by atoms with E-state index in [1.807, 2.05) is 31.2 Å². The minimum atomic E-state index is -0.415. The Hall–Kier alpha value is -3.48. The molecule has 0 aliphatic rings. The molecule has 3 aromatic rings. The monoisotopic (exact) mass is 379 g/mol. The maximum Gasteiger partial charge on any atom is 0.338 e. The molecule has 0 saturated carbocycles. The third-order valence-corrected chi connectivity index (χ3v) is 4.50. The highest BCUT2D eigenvalue weighted by Crippen LogP contribution is 2.22. The number of benzene rings is 2. The van der Waals surface area contributed by atoms with Crippen LogP contribution in [0.15, 0.2) is 48.5 Å². The van der Waals surface area contributed by atoms with Crippen molar-refractivity contribution in [1.82, 2.24) is 9.78 Å². The summed E-state index contributed by atoms with van der Waals surface area (Å²) in [5.41, 5.74) is 4.32. The molecule has 7 nitrogen and oxygen atoms in total. The number of aromatic nitrogens is 2. The molecular formula is C21H21N3O4. The summed E-state index contributed by atoms with van der Waals surface area (Å²) in [6.07, 6.45) is 0. The Kier molecular flexibility index (Phi) is 5.54. The van der Waals surface area contributed by atoms with Crippen molar-refractivity contribution in [2.24, 2.45) is 0 Å². The average molecular weight is 379 g/mol. The van der Waals surface area contributed by atoms with Gasteiger partial charge in [-0.2, -0.15) is 5.10 Å². The summed E-state index contributed by atoms with van der Waals surface area (Å²) in [5.74, 6) is -0.394. The van der Waals surface area contributed by atoms with Gasteiger partial charge in [0.15, 0.2) is 0 Å². The molecule has 0 unspecified atom stereocenters. The first kappa shape index (κ1) is 19.3. The number of nitrogens with zero attached hydrogens (tertiary/aromatic N) is 3. The lowest BCUT2D eigenvalue weighted by atomic mass is 10.1. The predicted molar refractivity (Wildman–Crippen MR) is 104 cm³/mol. The smallest absolute Gasteiger partial charge is 0.338 e. The number of carbonyl (C=O) groups excluding carboxylic acids is 1. The Labute approximate surface area is 162 Å². The highest BCUT2D eigenvalue weighted by Gasteiger charge is 2.21. The lowest BCUT2D eigenvalue weighted by Crippen LogP contribution is -2.07. The van der Waals surface area contributed by atoms with Gasteiger partial charge in [-0.3, -0.25) is 14.8 Å². The second kappa shape index (κ2) is 8.04. The van der Waals surface area contributed by atoms with Crippen molar-refractivity contribution in [1.29, 1.82) is 0 Å². The molecule has 28 heavy (non-hydrogen) atoms. The summed E-state index contributed by atoms with van der Waals surface area (Å²) < 4.78 is 6.96. The van der Waals surface area contributed by atoms with E-state index in [1.54, 1.807) is 42.8 Å². The van der Waals surface area contributed by atoms with Crippen molar-refractivity contribution in [3.05, 3.63) is 92.3 Å². The summed E-state index contributed by atoms with van der Waals surface area (Å²) >= 11 is 0. The van der Waals surface area contributed by atoms with Crippen LogP contribution in [0.1, 0.15) is 38.4 Å². The third kappa shape index (κ3) is 4.25. The van der Waals surface area contributed by atoms with E-state index in [0.717, 1.165) is 16.7 Å². The molecule has 2 aromatic carbocycles. The fraction of sp³-hybridized carbons (Fsp3) is 0.238. The Morgan fingerprint density at radius 3 is 2.43 bits per heavy atom. The minimum Gasteiger partial charge on any atom is -0.457 e. The lowest BCUT2D eigenvalue weighted by Gasteiger charge is -2.07. The van der Waals surface area contributed by atoms with E-state index in [2.05, 4.69) is 5.10 Å². The number of aryl methyl sites for hydroxylation is 2. The quantitative estimate of drug-likeness (QED) is 0.365. The van der Waals surface area contributed by atoms with Crippen molar-refractivity contribution >= 4 is 11.7 Å². The van der Waals surface area contributed by atoms with Gasteiger partial charge in [0.2, 0.25) is 0 Å². The lowest BCUT2D eigenvalue weighted by molar-refractivity contribution is -0.386. The summed E-state index contributed by atoms with van der Waals surface area (Å²) in [5, 5.41) is 15.3. The maximum atomic E-state index is 12.2. The Morgan fingerprint density at radius 1 is 1.11 bits per heavy atom. The van der Waals surface area contributed by atoms with Crippen molar-refractivity contribution in [3.63, 3.8) is 0 Å². The number of esters is 1. The van der Waals surface area contributed by atoms with Crippen molar-refractivity contribution < 1.29 is 14.5 Å². The molecular weight excluding hydrogens is 358 g/mol. The van der Waals surface area contributed by atoms with Crippen LogP contribution in [-0.4, -0.2) is 20.7 Å². The standard InChI is InChI=1S/C21H21N3O4/c1-14-5-4-6-18(11-14)13-28-21(25)19-9-7-17(8-10-19)12-23-16(3)20(24(26)27)15(2)22-23/h4-11H,12-13H2,1-3H3. The average Bonchev–Trinajstić information content (AvgIpc) is 2.94. The van der Waals surface area contributed by atoms with E-state index < -0.39 is 10.9 Å². The number of hydrogen-bond acceptors (Lipinski definition) is 5. The minimum absolute atomic E-state index is 0.0383. The first-order valence-electron chi connectivity index (χ1n) is 8.85. The largest absolute Gasteiger partial charge is 0.457 e. The number of carbonyl (C=O) groups is 1. The van der Waals surface area contributed by atoms with Crippen LogP contribution >= 0.6 is 0 Å². The Morgan fingerprint density at radius 2 is 1.82 bits per heavy atom. The molecule has 144 valence electrons. The number of ether oxygens (including phenoxy) is 1. The van der Waals surface area contributed by atoms with Gasteiger partial charge in [-0.05, 0) is 44.0 Å². The third-order valence-electron chi connectivity index (χ3n) is 4.50. The number of rotatable bonds is 6. The molecule has 0 atom stereocenters. The van der Waals surface area contributed by atoms with Crippen LogP contribution in [-0.2, 0) is 17.9 Å². The Bertz CT molecular complexity index is 1020. The van der Waals surface area contributed by atoms with E-state index in [0.29, 0.717) is 23.5 Å². The molecule has 0 amide bonds. The molecule has 1 aromatic heterocycles. The molecule has 0 spiro atoms. The van der Waals surface area contributed by atoms with Crippen molar-refractivity contribution in [2.75, 3.05) is 0 Å². The normalized spacial score (nSPS) is 10.7. The fourth-order valence-electron chi connectivity index (χ4n) is 3.06. The second-order valence-corrected chi connectivity index (χ2v) is 6.70. The van der Waals surface area contributed by atoms with E-state index >= 15 is 0 Å².